The smallest absolute Gasteiger partial charge is 0.289 e. The molecule has 0 radical (unpaired) electrons. The fourth-order valence-electron chi connectivity index (χ4n) is 3.20. The summed E-state index contributed by atoms with van der Waals surface area (Å²) in [6.07, 6.45) is 2.81. The van der Waals surface area contributed by atoms with Crippen LogP contribution in [-0.2, 0) is 16.9 Å². The van der Waals surface area contributed by atoms with Crippen molar-refractivity contribution in [3.8, 4) is 11.5 Å². The average molecular weight is 483 g/mol. The molecule has 176 valence electrons. The number of aryl methyl sites for hydroxylation is 1. The Morgan fingerprint density at radius 3 is 2.38 bits per heavy atom. The van der Waals surface area contributed by atoms with Crippen molar-refractivity contribution in [2.24, 2.45) is 7.05 Å². The molecule has 2 amide bonds. The van der Waals surface area contributed by atoms with Crippen LogP contribution < -0.4 is 10.1 Å². The molecule has 0 bridgehead atoms. The molecule has 2 aromatic heterocycles. The molecule has 0 unspecified atom stereocenters. The minimum absolute atomic E-state index is 0.0829. The minimum Gasteiger partial charge on any atom is -0.457 e. The van der Waals surface area contributed by atoms with Gasteiger partial charge in [0.1, 0.15) is 17.1 Å². The second kappa shape index (κ2) is 8.67. The summed E-state index contributed by atoms with van der Waals surface area (Å²) in [5.41, 5.74) is 0.501. The predicted octanol–water partition coefficient (Wildman–Crippen LogP) is 3.32. The standard InChI is InChI=1S/C23H22N4O6S/c1-26(2)23(29)20-13-17-18(32-15-5-7-16(8-6-15)34(4,30)31)11-14(12-19(17)33-20)22(28)24-21-9-10-27(3)25-21/h5-13H,1-4H3,(H,24,25,28). The summed E-state index contributed by atoms with van der Waals surface area (Å²) in [5, 5.41) is 7.31. The van der Waals surface area contributed by atoms with Gasteiger partial charge in [-0.25, -0.2) is 8.42 Å². The third-order valence-electron chi connectivity index (χ3n) is 4.91. The van der Waals surface area contributed by atoms with Crippen molar-refractivity contribution in [2.75, 3.05) is 25.7 Å². The molecule has 2 heterocycles. The second-order valence-corrected chi connectivity index (χ2v) is 9.89. The molecular formula is C23H22N4O6S. The second-order valence-electron chi connectivity index (χ2n) is 7.87. The van der Waals surface area contributed by atoms with Gasteiger partial charge < -0.3 is 19.4 Å². The van der Waals surface area contributed by atoms with Gasteiger partial charge in [0.05, 0.1) is 10.3 Å². The fourth-order valence-corrected chi connectivity index (χ4v) is 3.83. The monoisotopic (exact) mass is 482 g/mol. The maximum Gasteiger partial charge on any atom is 0.289 e. The molecule has 0 aliphatic carbocycles. The first-order chi connectivity index (χ1) is 16.0. The molecule has 0 atom stereocenters. The number of aromatic nitrogens is 2. The van der Waals surface area contributed by atoms with Crippen molar-refractivity contribution in [2.45, 2.75) is 4.90 Å². The Morgan fingerprint density at radius 2 is 1.79 bits per heavy atom. The number of anilines is 1. The zero-order valence-corrected chi connectivity index (χ0v) is 19.7. The molecule has 0 saturated heterocycles. The van der Waals surface area contributed by atoms with E-state index in [1.807, 2.05) is 0 Å². The first kappa shape index (κ1) is 23.1. The predicted molar refractivity (Wildman–Crippen MR) is 125 cm³/mol. The van der Waals surface area contributed by atoms with E-state index in [9.17, 15) is 18.0 Å². The minimum atomic E-state index is -3.36. The van der Waals surface area contributed by atoms with Crippen molar-refractivity contribution in [3.05, 3.63) is 66.1 Å². The number of fused-ring (bicyclic) bond motifs is 1. The van der Waals surface area contributed by atoms with E-state index in [1.165, 1.54) is 47.4 Å². The summed E-state index contributed by atoms with van der Waals surface area (Å²) in [4.78, 5) is 26.8. The lowest BCUT2D eigenvalue weighted by molar-refractivity contribution is 0.0799. The number of benzene rings is 2. The Labute approximate surface area is 195 Å². The summed E-state index contributed by atoms with van der Waals surface area (Å²) < 4.78 is 36.7. The number of furan rings is 1. The third kappa shape index (κ3) is 4.79. The van der Waals surface area contributed by atoms with Crippen LogP contribution in [0.15, 0.2) is 64.0 Å². The van der Waals surface area contributed by atoms with E-state index in [2.05, 4.69) is 10.4 Å². The number of carbonyl (C=O) groups excluding carboxylic acids is 2. The van der Waals surface area contributed by atoms with E-state index in [0.717, 1.165) is 6.26 Å². The van der Waals surface area contributed by atoms with E-state index >= 15 is 0 Å². The highest BCUT2D eigenvalue weighted by molar-refractivity contribution is 7.90. The number of sulfone groups is 1. The Balaban J connectivity index is 1.75. The number of nitrogens with zero attached hydrogens (tertiary/aromatic N) is 3. The van der Waals surface area contributed by atoms with E-state index in [0.29, 0.717) is 17.0 Å². The molecule has 11 heteroatoms. The number of amides is 2. The molecule has 0 aliphatic heterocycles. The van der Waals surface area contributed by atoms with Crippen LogP contribution >= 0.6 is 0 Å². The van der Waals surface area contributed by atoms with Crippen molar-refractivity contribution in [1.82, 2.24) is 14.7 Å². The van der Waals surface area contributed by atoms with E-state index in [1.54, 1.807) is 38.1 Å². The lowest BCUT2D eigenvalue weighted by Crippen LogP contribution is -2.20. The highest BCUT2D eigenvalue weighted by Gasteiger charge is 2.20. The van der Waals surface area contributed by atoms with Crippen LogP contribution in [-0.4, -0.2) is 55.3 Å². The average Bonchev–Trinajstić information content (AvgIpc) is 3.38. The van der Waals surface area contributed by atoms with Gasteiger partial charge in [0.2, 0.25) is 0 Å². The number of hydrogen-bond acceptors (Lipinski definition) is 7. The Hall–Kier alpha value is -4.12. The van der Waals surface area contributed by atoms with Gasteiger partial charge in [0.25, 0.3) is 11.8 Å². The maximum absolute atomic E-state index is 12.9. The maximum atomic E-state index is 12.9. The molecule has 2 aromatic carbocycles. The molecule has 4 rings (SSSR count). The SMILES string of the molecule is CN(C)C(=O)c1cc2c(Oc3ccc(S(C)(=O)=O)cc3)cc(C(=O)Nc3ccn(C)n3)cc2o1. The number of ether oxygens (including phenoxy) is 1. The van der Waals surface area contributed by atoms with Crippen LogP contribution in [0.3, 0.4) is 0 Å². The number of rotatable bonds is 6. The lowest BCUT2D eigenvalue weighted by Gasteiger charge is -2.10. The Morgan fingerprint density at radius 1 is 1.09 bits per heavy atom. The van der Waals surface area contributed by atoms with Crippen LogP contribution in [0, 0.1) is 0 Å². The van der Waals surface area contributed by atoms with Crippen LogP contribution in [0.1, 0.15) is 20.9 Å². The van der Waals surface area contributed by atoms with Gasteiger partial charge in [-0.3, -0.25) is 14.3 Å². The van der Waals surface area contributed by atoms with Crippen molar-refractivity contribution in [1.29, 1.82) is 0 Å². The van der Waals surface area contributed by atoms with Gasteiger partial charge in [-0.2, -0.15) is 5.10 Å². The summed E-state index contributed by atoms with van der Waals surface area (Å²) >= 11 is 0. The van der Waals surface area contributed by atoms with Crippen molar-refractivity contribution >= 4 is 38.4 Å². The van der Waals surface area contributed by atoms with Crippen molar-refractivity contribution in [3.63, 3.8) is 0 Å². The Kier molecular flexibility index (Phi) is 5.88. The van der Waals surface area contributed by atoms with Gasteiger partial charge in [0, 0.05) is 51.3 Å². The largest absolute Gasteiger partial charge is 0.457 e. The zero-order valence-electron chi connectivity index (χ0n) is 18.9. The van der Waals surface area contributed by atoms with Gasteiger partial charge >= 0.3 is 0 Å². The first-order valence-electron chi connectivity index (χ1n) is 10.1. The fraction of sp³-hybridized carbons (Fsp3) is 0.174. The van der Waals surface area contributed by atoms with Crippen LogP contribution in [0.25, 0.3) is 11.0 Å². The Bertz CT molecular complexity index is 1500. The van der Waals surface area contributed by atoms with Gasteiger partial charge in [-0.05, 0) is 36.4 Å². The highest BCUT2D eigenvalue weighted by atomic mass is 32.2. The molecule has 4 aromatic rings. The number of carbonyl (C=O) groups is 2. The van der Waals surface area contributed by atoms with Gasteiger partial charge in [0.15, 0.2) is 21.4 Å². The van der Waals surface area contributed by atoms with Crippen LogP contribution in [0.5, 0.6) is 11.5 Å². The first-order valence-corrected chi connectivity index (χ1v) is 12.0. The van der Waals surface area contributed by atoms with E-state index in [-0.39, 0.29) is 33.5 Å². The van der Waals surface area contributed by atoms with Crippen LogP contribution in [0.2, 0.25) is 0 Å². The molecule has 0 saturated carbocycles. The number of nitrogens with one attached hydrogen (secondary N) is 1. The summed E-state index contributed by atoms with van der Waals surface area (Å²) in [6, 6.07) is 12.1. The molecular weight excluding hydrogens is 460 g/mol. The summed E-state index contributed by atoms with van der Waals surface area (Å²) in [7, 11) is 1.57. The normalized spacial score (nSPS) is 11.4. The molecule has 0 aliphatic rings. The van der Waals surface area contributed by atoms with Crippen LogP contribution in [0.4, 0.5) is 5.82 Å². The molecule has 1 N–H and O–H groups in total. The highest BCUT2D eigenvalue weighted by Crippen LogP contribution is 2.34. The van der Waals surface area contributed by atoms with Gasteiger partial charge in [-0.15, -0.1) is 0 Å². The van der Waals surface area contributed by atoms with Gasteiger partial charge in [-0.1, -0.05) is 0 Å². The van der Waals surface area contributed by atoms with E-state index < -0.39 is 15.7 Å². The summed E-state index contributed by atoms with van der Waals surface area (Å²) in [5.74, 6) is 0.262. The summed E-state index contributed by atoms with van der Waals surface area (Å²) in [6.45, 7) is 0. The lowest BCUT2D eigenvalue weighted by atomic mass is 10.1. The van der Waals surface area contributed by atoms with E-state index in [4.69, 9.17) is 9.15 Å². The number of hydrogen-bond donors (Lipinski definition) is 1. The zero-order chi connectivity index (χ0) is 24.6. The quantitative estimate of drug-likeness (QED) is 0.447. The molecule has 10 nitrogen and oxygen atoms in total. The molecule has 0 fully saturated rings. The topological polar surface area (TPSA) is 124 Å². The molecule has 0 spiro atoms. The van der Waals surface area contributed by atoms with Crippen molar-refractivity contribution < 1.29 is 27.2 Å². The molecule has 34 heavy (non-hydrogen) atoms. The third-order valence-corrected chi connectivity index (χ3v) is 6.04.